The highest BCUT2D eigenvalue weighted by Crippen LogP contribution is 2.34. The first-order valence-electron chi connectivity index (χ1n) is 7.92. The van der Waals surface area contributed by atoms with Crippen molar-refractivity contribution in [2.24, 2.45) is 0 Å². The third-order valence-electron chi connectivity index (χ3n) is 4.03. The van der Waals surface area contributed by atoms with Crippen molar-refractivity contribution in [3.8, 4) is 0 Å². The van der Waals surface area contributed by atoms with Gasteiger partial charge in [-0.25, -0.2) is 0 Å². The van der Waals surface area contributed by atoms with Gasteiger partial charge in [-0.2, -0.15) is 0 Å². The van der Waals surface area contributed by atoms with Crippen LogP contribution in [0.25, 0.3) is 0 Å². The molecule has 0 aromatic heterocycles. The lowest BCUT2D eigenvalue weighted by Crippen LogP contribution is -2.55. The lowest BCUT2D eigenvalue weighted by molar-refractivity contribution is -0.124. The van der Waals surface area contributed by atoms with Crippen LogP contribution in [0.4, 0.5) is 17.1 Å². The summed E-state index contributed by atoms with van der Waals surface area (Å²) in [4.78, 5) is 26.7. The number of rotatable bonds is 3. The number of carbonyl (C=O) groups excluding carboxylic acids is 2. The van der Waals surface area contributed by atoms with Crippen LogP contribution in [0.2, 0.25) is 0 Å². The van der Waals surface area contributed by atoms with E-state index in [0.717, 1.165) is 22.6 Å². The minimum atomic E-state index is -0.752. The fourth-order valence-corrected chi connectivity index (χ4v) is 2.88. The first-order chi connectivity index (χ1) is 11.4. The number of amides is 2. The minimum Gasteiger partial charge on any atom is -0.370 e. The first-order valence-corrected chi connectivity index (χ1v) is 7.92. The number of hydrogen-bond acceptors (Lipinski definition) is 3. The van der Waals surface area contributed by atoms with E-state index in [0.29, 0.717) is 0 Å². The molecule has 5 heteroatoms. The van der Waals surface area contributed by atoms with Crippen molar-refractivity contribution in [3.05, 3.63) is 54.1 Å². The highest BCUT2D eigenvalue weighted by molar-refractivity contribution is 6.11. The van der Waals surface area contributed by atoms with E-state index in [-0.39, 0.29) is 18.4 Å². The van der Waals surface area contributed by atoms with E-state index in [1.54, 1.807) is 0 Å². The molecule has 0 saturated heterocycles. The largest absolute Gasteiger partial charge is 0.370 e. The number of nitrogens with zero attached hydrogens (tertiary/aromatic N) is 1. The molecule has 0 unspecified atom stereocenters. The predicted octanol–water partition coefficient (Wildman–Crippen LogP) is 3.17. The molecule has 0 spiro atoms. The average molecular weight is 323 g/mol. The Morgan fingerprint density at radius 3 is 2.67 bits per heavy atom. The highest BCUT2D eigenvalue weighted by Gasteiger charge is 2.39. The van der Waals surface area contributed by atoms with Crippen LogP contribution in [-0.2, 0) is 9.59 Å². The van der Waals surface area contributed by atoms with Crippen LogP contribution in [0.1, 0.15) is 19.4 Å². The molecule has 1 heterocycles. The molecule has 2 aromatic carbocycles. The van der Waals surface area contributed by atoms with Gasteiger partial charge in [-0.05, 0) is 50.6 Å². The average Bonchev–Trinajstić information content (AvgIpc) is 2.51. The second-order valence-electron chi connectivity index (χ2n) is 6.58. The van der Waals surface area contributed by atoms with Gasteiger partial charge in [-0.15, -0.1) is 0 Å². The smallest absolute Gasteiger partial charge is 0.252 e. The lowest BCUT2D eigenvalue weighted by Gasteiger charge is -2.39. The summed E-state index contributed by atoms with van der Waals surface area (Å²) >= 11 is 0. The van der Waals surface area contributed by atoms with Crippen LogP contribution < -0.4 is 15.5 Å². The van der Waals surface area contributed by atoms with Crippen LogP contribution in [-0.4, -0.2) is 23.9 Å². The number of para-hydroxylation sites is 2. The molecule has 124 valence electrons. The Morgan fingerprint density at radius 2 is 1.92 bits per heavy atom. The molecule has 5 nitrogen and oxygen atoms in total. The summed E-state index contributed by atoms with van der Waals surface area (Å²) in [5.74, 6) is -0.345. The van der Waals surface area contributed by atoms with E-state index in [4.69, 9.17) is 0 Å². The third-order valence-corrected chi connectivity index (χ3v) is 4.03. The Hall–Kier alpha value is -2.82. The molecule has 0 fully saturated rings. The number of carbonyl (C=O) groups is 2. The van der Waals surface area contributed by atoms with Gasteiger partial charge in [0.2, 0.25) is 5.91 Å². The second kappa shape index (κ2) is 6.00. The van der Waals surface area contributed by atoms with Crippen molar-refractivity contribution in [1.29, 1.82) is 0 Å². The van der Waals surface area contributed by atoms with Crippen molar-refractivity contribution in [3.63, 3.8) is 0 Å². The molecule has 0 aliphatic carbocycles. The first kappa shape index (κ1) is 16.1. The van der Waals surface area contributed by atoms with Crippen molar-refractivity contribution in [2.75, 3.05) is 22.1 Å². The molecule has 2 aromatic rings. The monoisotopic (exact) mass is 323 g/mol. The standard InChI is InChI=1S/C19H21N3O2/c1-13-7-6-8-14(11-13)20-17(23)12-22-16-10-5-4-9-15(16)21-19(2,3)18(22)24/h4-11,21H,12H2,1-3H3,(H,20,23). The molecule has 0 saturated carbocycles. The summed E-state index contributed by atoms with van der Waals surface area (Å²) in [5, 5.41) is 6.08. The maximum Gasteiger partial charge on any atom is 0.252 e. The predicted molar refractivity (Wildman–Crippen MR) is 96.3 cm³/mol. The van der Waals surface area contributed by atoms with Crippen molar-refractivity contribution in [2.45, 2.75) is 26.3 Å². The van der Waals surface area contributed by atoms with Gasteiger partial charge in [0.15, 0.2) is 0 Å². The minimum absolute atomic E-state index is 0.0189. The zero-order valence-electron chi connectivity index (χ0n) is 14.1. The quantitative estimate of drug-likeness (QED) is 0.912. The molecule has 0 bridgehead atoms. The van der Waals surface area contributed by atoms with Crippen LogP contribution in [0.15, 0.2) is 48.5 Å². The fourth-order valence-electron chi connectivity index (χ4n) is 2.88. The van der Waals surface area contributed by atoms with E-state index in [2.05, 4.69) is 10.6 Å². The van der Waals surface area contributed by atoms with Gasteiger partial charge in [0.05, 0.1) is 11.4 Å². The van der Waals surface area contributed by atoms with Gasteiger partial charge in [0.1, 0.15) is 12.1 Å². The SMILES string of the molecule is Cc1cccc(NC(=O)CN2C(=O)C(C)(C)Nc3ccccc32)c1. The van der Waals surface area contributed by atoms with E-state index in [1.807, 2.05) is 69.3 Å². The molecule has 1 aliphatic rings. The number of nitrogens with one attached hydrogen (secondary N) is 2. The molecule has 2 N–H and O–H groups in total. The summed E-state index contributed by atoms with van der Waals surface area (Å²) in [7, 11) is 0. The van der Waals surface area contributed by atoms with Gasteiger partial charge >= 0.3 is 0 Å². The van der Waals surface area contributed by atoms with Crippen LogP contribution in [0.5, 0.6) is 0 Å². The van der Waals surface area contributed by atoms with Crippen molar-refractivity contribution >= 4 is 28.9 Å². The third kappa shape index (κ3) is 3.11. The molecule has 0 radical (unpaired) electrons. The maximum atomic E-state index is 12.7. The zero-order valence-corrected chi connectivity index (χ0v) is 14.1. The van der Waals surface area contributed by atoms with Gasteiger partial charge in [0.25, 0.3) is 5.91 Å². The van der Waals surface area contributed by atoms with E-state index in [9.17, 15) is 9.59 Å². The summed E-state index contributed by atoms with van der Waals surface area (Å²) in [6.07, 6.45) is 0. The summed E-state index contributed by atoms with van der Waals surface area (Å²) in [6.45, 7) is 5.58. The zero-order chi connectivity index (χ0) is 17.3. The molecule has 2 amide bonds. The summed E-state index contributed by atoms with van der Waals surface area (Å²) in [5.41, 5.74) is 2.62. The topological polar surface area (TPSA) is 61.4 Å². The highest BCUT2D eigenvalue weighted by atomic mass is 16.2. The molecule has 1 aliphatic heterocycles. The van der Waals surface area contributed by atoms with Gasteiger partial charge in [0, 0.05) is 5.69 Å². The molecule has 0 atom stereocenters. The van der Waals surface area contributed by atoms with Crippen LogP contribution >= 0.6 is 0 Å². The van der Waals surface area contributed by atoms with Crippen LogP contribution in [0.3, 0.4) is 0 Å². The van der Waals surface area contributed by atoms with E-state index < -0.39 is 5.54 Å². The maximum absolute atomic E-state index is 12.7. The molecule has 24 heavy (non-hydrogen) atoms. The Kier molecular flexibility index (Phi) is 4.01. The summed E-state index contributed by atoms with van der Waals surface area (Å²) in [6, 6.07) is 15.1. The number of hydrogen-bond donors (Lipinski definition) is 2. The van der Waals surface area contributed by atoms with Gasteiger partial charge in [-0.3, -0.25) is 14.5 Å². The second-order valence-corrected chi connectivity index (χ2v) is 6.58. The Labute approximate surface area is 141 Å². The van der Waals surface area contributed by atoms with Crippen molar-refractivity contribution < 1.29 is 9.59 Å². The Balaban J connectivity index is 1.83. The number of aryl methyl sites for hydroxylation is 1. The molecular formula is C19H21N3O2. The molecule has 3 rings (SSSR count). The summed E-state index contributed by atoms with van der Waals surface area (Å²) < 4.78 is 0. The van der Waals surface area contributed by atoms with E-state index in [1.165, 1.54) is 4.90 Å². The van der Waals surface area contributed by atoms with Crippen LogP contribution in [0, 0.1) is 6.92 Å². The van der Waals surface area contributed by atoms with Gasteiger partial charge < -0.3 is 10.6 Å². The Bertz CT molecular complexity index is 799. The Morgan fingerprint density at radius 1 is 1.17 bits per heavy atom. The normalized spacial score (nSPS) is 15.5. The van der Waals surface area contributed by atoms with Gasteiger partial charge in [-0.1, -0.05) is 24.3 Å². The number of fused-ring (bicyclic) bond motifs is 1. The number of benzene rings is 2. The molecular weight excluding hydrogens is 302 g/mol. The fraction of sp³-hybridized carbons (Fsp3) is 0.263. The lowest BCUT2D eigenvalue weighted by atomic mass is 9.98. The van der Waals surface area contributed by atoms with E-state index >= 15 is 0 Å². The number of anilines is 3. The van der Waals surface area contributed by atoms with Crippen molar-refractivity contribution in [1.82, 2.24) is 0 Å².